The summed E-state index contributed by atoms with van der Waals surface area (Å²) in [6, 6.07) is 1.88. The van der Waals surface area contributed by atoms with Crippen LogP contribution in [0.5, 0.6) is 0 Å². The van der Waals surface area contributed by atoms with E-state index in [1.165, 1.54) is 6.33 Å². The van der Waals surface area contributed by atoms with E-state index in [1.54, 1.807) is 21.6 Å². The van der Waals surface area contributed by atoms with Crippen molar-refractivity contribution in [1.29, 1.82) is 0 Å². The van der Waals surface area contributed by atoms with Crippen LogP contribution in [0.4, 0.5) is 11.5 Å². The van der Waals surface area contributed by atoms with Crippen molar-refractivity contribution in [3.63, 3.8) is 0 Å². The van der Waals surface area contributed by atoms with E-state index in [9.17, 15) is 4.79 Å². The molecule has 27 heavy (non-hydrogen) atoms. The van der Waals surface area contributed by atoms with E-state index in [0.29, 0.717) is 18.9 Å². The molecule has 1 N–H and O–H groups in total. The Balaban J connectivity index is 1.45. The maximum Gasteiger partial charge on any atom is 0.254 e. The zero-order valence-electron chi connectivity index (χ0n) is 15.5. The lowest BCUT2D eigenvalue weighted by atomic mass is 10.2. The van der Waals surface area contributed by atoms with Gasteiger partial charge in [0.1, 0.15) is 18.7 Å². The summed E-state index contributed by atoms with van der Waals surface area (Å²) in [5.41, 5.74) is 1.59. The van der Waals surface area contributed by atoms with Crippen LogP contribution >= 0.6 is 0 Å². The zero-order valence-corrected chi connectivity index (χ0v) is 15.5. The third kappa shape index (κ3) is 3.75. The number of nitrogens with zero attached hydrogens (tertiary/aromatic N) is 7. The van der Waals surface area contributed by atoms with Crippen molar-refractivity contribution in [2.24, 2.45) is 0 Å². The van der Waals surface area contributed by atoms with Crippen molar-refractivity contribution in [2.45, 2.75) is 39.5 Å². The number of aryl methyl sites for hydroxylation is 1. The van der Waals surface area contributed by atoms with Crippen LogP contribution in [0.1, 0.15) is 19.5 Å². The monoisotopic (exact) mass is 370 g/mol. The van der Waals surface area contributed by atoms with Gasteiger partial charge in [-0.05, 0) is 20.8 Å². The molecule has 3 aromatic heterocycles. The van der Waals surface area contributed by atoms with Crippen LogP contribution < -0.4 is 5.32 Å². The summed E-state index contributed by atoms with van der Waals surface area (Å²) in [6.45, 7) is 7.26. The van der Waals surface area contributed by atoms with Crippen molar-refractivity contribution in [1.82, 2.24) is 34.3 Å². The third-order valence-corrected chi connectivity index (χ3v) is 4.36. The summed E-state index contributed by atoms with van der Waals surface area (Å²) in [5.74, 6) is 1.29. The molecule has 4 heterocycles. The van der Waals surface area contributed by atoms with E-state index in [0.717, 1.165) is 17.2 Å². The Morgan fingerprint density at radius 3 is 2.85 bits per heavy atom. The summed E-state index contributed by atoms with van der Waals surface area (Å²) in [4.78, 5) is 22.8. The lowest BCUT2D eigenvalue weighted by Gasteiger charge is -2.35. The van der Waals surface area contributed by atoms with Gasteiger partial charge in [-0.25, -0.2) is 4.98 Å². The van der Waals surface area contributed by atoms with E-state index in [4.69, 9.17) is 4.74 Å². The molecule has 10 heteroatoms. The van der Waals surface area contributed by atoms with Gasteiger partial charge in [0.05, 0.1) is 24.1 Å². The van der Waals surface area contributed by atoms with Crippen LogP contribution in [0.15, 0.2) is 24.8 Å². The van der Waals surface area contributed by atoms with Crippen LogP contribution in [0, 0.1) is 6.92 Å². The van der Waals surface area contributed by atoms with Crippen LogP contribution in [-0.2, 0) is 16.1 Å². The number of ether oxygens (including phenoxy) is 1. The van der Waals surface area contributed by atoms with Gasteiger partial charge in [0.15, 0.2) is 0 Å². The predicted molar refractivity (Wildman–Crippen MR) is 97.6 cm³/mol. The molecule has 1 aliphatic heterocycles. The van der Waals surface area contributed by atoms with Gasteiger partial charge < -0.3 is 15.0 Å². The van der Waals surface area contributed by atoms with Crippen LogP contribution in [0.25, 0.3) is 5.78 Å². The summed E-state index contributed by atoms with van der Waals surface area (Å²) < 4.78 is 8.92. The largest absolute Gasteiger partial charge is 0.372 e. The lowest BCUT2D eigenvalue weighted by molar-refractivity contribution is -0.144. The maximum atomic E-state index is 12.6. The fourth-order valence-corrected chi connectivity index (χ4v) is 3.30. The van der Waals surface area contributed by atoms with Gasteiger partial charge in [-0.3, -0.25) is 9.48 Å². The summed E-state index contributed by atoms with van der Waals surface area (Å²) in [7, 11) is 0. The first-order valence-corrected chi connectivity index (χ1v) is 8.88. The molecule has 0 aromatic carbocycles. The van der Waals surface area contributed by atoms with Gasteiger partial charge in [-0.1, -0.05) is 0 Å². The number of hydrogen-bond donors (Lipinski definition) is 1. The van der Waals surface area contributed by atoms with Crippen molar-refractivity contribution in [2.75, 3.05) is 18.4 Å². The molecule has 4 rings (SSSR count). The molecule has 2 unspecified atom stereocenters. The fraction of sp³-hybridized carbons (Fsp3) is 0.471. The normalized spacial score (nSPS) is 20.2. The number of amides is 1. The number of hydrogen-bond acceptors (Lipinski definition) is 7. The second kappa shape index (κ2) is 6.95. The van der Waals surface area contributed by atoms with Crippen LogP contribution in [0.2, 0.25) is 0 Å². The molecule has 0 bridgehead atoms. The fourth-order valence-electron chi connectivity index (χ4n) is 3.30. The van der Waals surface area contributed by atoms with Gasteiger partial charge >= 0.3 is 0 Å². The minimum atomic E-state index is 0.0325. The molecule has 1 aliphatic rings. The number of carbonyl (C=O) groups is 1. The first kappa shape index (κ1) is 17.4. The number of nitrogens with one attached hydrogen (secondary N) is 1. The average Bonchev–Trinajstić information content (AvgIpc) is 3.23. The smallest absolute Gasteiger partial charge is 0.254 e. The van der Waals surface area contributed by atoms with Crippen LogP contribution in [-0.4, -0.2) is 65.5 Å². The Hall–Kier alpha value is -3.01. The molecular weight excluding hydrogens is 348 g/mol. The Labute approximate surface area is 156 Å². The van der Waals surface area contributed by atoms with Crippen molar-refractivity contribution >= 4 is 23.2 Å². The molecule has 1 saturated heterocycles. The number of fused-ring (bicyclic) bond motifs is 1. The second-order valence-electron chi connectivity index (χ2n) is 6.86. The highest BCUT2D eigenvalue weighted by Crippen LogP contribution is 2.17. The highest BCUT2D eigenvalue weighted by molar-refractivity contribution is 5.76. The molecule has 0 spiro atoms. The standard InChI is InChI=1S/C17H22N8O2/c1-11-4-15(25-17(21-11)18-10-20-25)22-14-5-19-24(8-14)9-16(26)23-6-12(2)27-13(3)7-23/h4-5,8,10,12-13,22H,6-7,9H2,1-3H3. The summed E-state index contributed by atoms with van der Waals surface area (Å²) in [5, 5.41) is 11.7. The topological polar surface area (TPSA) is 102 Å². The molecule has 142 valence electrons. The van der Waals surface area contributed by atoms with Crippen molar-refractivity contribution < 1.29 is 9.53 Å². The van der Waals surface area contributed by atoms with E-state index in [1.807, 2.05) is 31.7 Å². The van der Waals surface area contributed by atoms with E-state index in [2.05, 4.69) is 25.5 Å². The number of rotatable bonds is 4. The molecule has 0 aliphatic carbocycles. The summed E-state index contributed by atoms with van der Waals surface area (Å²) >= 11 is 0. The SMILES string of the molecule is Cc1cc(Nc2cnn(CC(=O)N3CC(C)OC(C)C3)c2)n2ncnc2n1. The number of carbonyl (C=O) groups excluding carboxylic acids is 1. The molecule has 1 amide bonds. The van der Waals surface area contributed by atoms with Crippen LogP contribution in [0.3, 0.4) is 0 Å². The van der Waals surface area contributed by atoms with Gasteiger partial charge in [-0.2, -0.15) is 19.7 Å². The highest BCUT2D eigenvalue weighted by atomic mass is 16.5. The van der Waals surface area contributed by atoms with Gasteiger partial charge in [0.25, 0.3) is 5.78 Å². The number of morpholine rings is 1. The minimum Gasteiger partial charge on any atom is -0.372 e. The average molecular weight is 370 g/mol. The van der Waals surface area contributed by atoms with Gasteiger partial charge in [0, 0.05) is 31.0 Å². The Kier molecular flexibility index (Phi) is 4.48. The van der Waals surface area contributed by atoms with Gasteiger partial charge in [-0.15, -0.1) is 0 Å². The predicted octanol–water partition coefficient (Wildman–Crippen LogP) is 1.01. The highest BCUT2D eigenvalue weighted by Gasteiger charge is 2.26. The Bertz CT molecular complexity index is 955. The van der Waals surface area contributed by atoms with E-state index >= 15 is 0 Å². The molecule has 0 radical (unpaired) electrons. The van der Waals surface area contributed by atoms with Gasteiger partial charge in [0.2, 0.25) is 5.91 Å². The summed E-state index contributed by atoms with van der Waals surface area (Å²) in [6.07, 6.45) is 5.03. The molecule has 0 saturated carbocycles. The first-order chi connectivity index (χ1) is 13.0. The zero-order chi connectivity index (χ0) is 19.0. The quantitative estimate of drug-likeness (QED) is 0.731. The van der Waals surface area contributed by atoms with Crippen molar-refractivity contribution in [3.05, 3.63) is 30.5 Å². The first-order valence-electron chi connectivity index (χ1n) is 8.88. The molecule has 3 aromatic rings. The molecule has 1 fully saturated rings. The van der Waals surface area contributed by atoms with E-state index < -0.39 is 0 Å². The molecule has 10 nitrogen and oxygen atoms in total. The minimum absolute atomic E-state index is 0.0325. The van der Waals surface area contributed by atoms with E-state index in [-0.39, 0.29) is 24.7 Å². The van der Waals surface area contributed by atoms with Crippen molar-refractivity contribution in [3.8, 4) is 0 Å². The Morgan fingerprint density at radius 1 is 1.30 bits per heavy atom. The lowest BCUT2D eigenvalue weighted by Crippen LogP contribution is -2.49. The number of anilines is 2. The maximum absolute atomic E-state index is 12.6. The Morgan fingerprint density at radius 2 is 2.07 bits per heavy atom. The number of aromatic nitrogens is 6. The third-order valence-electron chi connectivity index (χ3n) is 4.36. The molecule has 2 atom stereocenters. The second-order valence-corrected chi connectivity index (χ2v) is 6.86. The molecular formula is C17H22N8O2.